The van der Waals surface area contributed by atoms with Crippen LogP contribution < -0.4 is 0 Å². The quantitative estimate of drug-likeness (QED) is 0.580. The molecule has 1 saturated carbocycles. The summed E-state index contributed by atoms with van der Waals surface area (Å²) in [6.45, 7) is 2.07. The zero-order chi connectivity index (χ0) is 13.6. The highest BCUT2D eigenvalue weighted by atomic mass is 16.6. The predicted octanol–water partition coefficient (Wildman–Crippen LogP) is 4.92. The second-order valence-electron chi connectivity index (χ2n) is 6.45. The minimum Gasteiger partial charge on any atom is -0.456 e. The summed E-state index contributed by atoms with van der Waals surface area (Å²) in [6, 6.07) is 0. The van der Waals surface area contributed by atoms with Gasteiger partial charge in [0.15, 0.2) is 0 Å². The molecular weight excluding hydrogens is 236 g/mol. The van der Waals surface area contributed by atoms with Crippen molar-refractivity contribution in [2.45, 2.75) is 89.6 Å². The normalized spacial score (nSPS) is 25.9. The van der Waals surface area contributed by atoms with Crippen molar-refractivity contribution in [1.82, 2.24) is 0 Å². The molecule has 19 heavy (non-hydrogen) atoms. The van der Waals surface area contributed by atoms with E-state index in [9.17, 15) is 4.79 Å². The molecule has 2 nitrogen and oxygen atoms in total. The summed E-state index contributed by atoms with van der Waals surface area (Å²) in [7, 11) is 0. The van der Waals surface area contributed by atoms with Gasteiger partial charge in [0.05, 0.1) is 0 Å². The third kappa shape index (κ3) is 4.67. The molecule has 1 spiro atoms. The maximum atomic E-state index is 11.7. The lowest BCUT2D eigenvalue weighted by Gasteiger charge is -2.36. The molecule has 0 atom stereocenters. The minimum atomic E-state index is -0.172. The first-order valence-electron chi connectivity index (χ1n) is 8.10. The van der Waals surface area contributed by atoms with Gasteiger partial charge in [0.1, 0.15) is 5.60 Å². The molecule has 0 aromatic carbocycles. The van der Waals surface area contributed by atoms with E-state index in [4.69, 9.17) is 4.74 Å². The fourth-order valence-corrected chi connectivity index (χ4v) is 3.57. The summed E-state index contributed by atoms with van der Waals surface area (Å²) in [4.78, 5) is 11.7. The molecule has 0 unspecified atom stereocenters. The van der Waals surface area contributed by atoms with E-state index in [1.54, 1.807) is 6.08 Å². The molecule has 0 radical (unpaired) electrons. The van der Waals surface area contributed by atoms with Crippen LogP contribution in [0.1, 0.15) is 84.0 Å². The van der Waals surface area contributed by atoms with E-state index in [0.29, 0.717) is 0 Å². The van der Waals surface area contributed by atoms with Gasteiger partial charge in [-0.1, -0.05) is 50.5 Å². The molecular formula is C17H28O2. The molecule has 0 amide bonds. The van der Waals surface area contributed by atoms with Crippen LogP contribution in [0.5, 0.6) is 0 Å². The van der Waals surface area contributed by atoms with Gasteiger partial charge >= 0.3 is 5.97 Å². The first-order chi connectivity index (χ1) is 9.20. The number of esters is 1. The van der Waals surface area contributed by atoms with Gasteiger partial charge in [-0.2, -0.15) is 0 Å². The van der Waals surface area contributed by atoms with Crippen LogP contribution in [-0.4, -0.2) is 11.6 Å². The first kappa shape index (κ1) is 14.6. The summed E-state index contributed by atoms with van der Waals surface area (Å²) in [5, 5.41) is 0. The van der Waals surface area contributed by atoms with Gasteiger partial charge in [0.2, 0.25) is 0 Å². The van der Waals surface area contributed by atoms with Gasteiger partial charge in [0.25, 0.3) is 0 Å². The second kappa shape index (κ2) is 7.12. The molecule has 0 bridgehead atoms. The highest BCUT2D eigenvalue weighted by Crippen LogP contribution is 2.36. The molecule has 0 aromatic rings. The zero-order valence-electron chi connectivity index (χ0n) is 12.4. The molecule has 108 valence electrons. The average molecular weight is 264 g/mol. The lowest BCUT2D eigenvalue weighted by molar-refractivity contribution is -0.157. The standard InChI is InChI=1S/C17H28O2/c1-15-13-16(18)19-17(14-15)11-9-7-5-3-2-4-6-8-10-12-17/h13H,2-12,14H2,1H3. The van der Waals surface area contributed by atoms with Gasteiger partial charge in [-0.15, -0.1) is 0 Å². The Morgan fingerprint density at radius 2 is 1.37 bits per heavy atom. The topological polar surface area (TPSA) is 26.3 Å². The number of rotatable bonds is 0. The molecule has 0 saturated heterocycles. The zero-order valence-corrected chi connectivity index (χ0v) is 12.4. The van der Waals surface area contributed by atoms with Gasteiger partial charge in [-0.25, -0.2) is 4.79 Å². The Morgan fingerprint density at radius 1 is 0.895 bits per heavy atom. The van der Waals surface area contributed by atoms with Crippen molar-refractivity contribution < 1.29 is 9.53 Å². The van der Waals surface area contributed by atoms with Crippen molar-refractivity contribution in [3.63, 3.8) is 0 Å². The summed E-state index contributed by atoms with van der Waals surface area (Å²) in [5.74, 6) is -0.115. The lowest BCUT2D eigenvalue weighted by Crippen LogP contribution is -2.38. The molecule has 1 aliphatic carbocycles. The lowest BCUT2D eigenvalue weighted by atomic mass is 9.82. The fraction of sp³-hybridized carbons (Fsp3) is 0.824. The molecule has 0 N–H and O–H groups in total. The van der Waals surface area contributed by atoms with Crippen molar-refractivity contribution in [1.29, 1.82) is 0 Å². The van der Waals surface area contributed by atoms with Crippen molar-refractivity contribution in [3.05, 3.63) is 11.6 Å². The Morgan fingerprint density at radius 3 is 1.84 bits per heavy atom. The van der Waals surface area contributed by atoms with Crippen molar-refractivity contribution in [2.75, 3.05) is 0 Å². The van der Waals surface area contributed by atoms with E-state index < -0.39 is 0 Å². The monoisotopic (exact) mass is 264 g/mol. The van der Waals surface area contributed by atoms with Crippen LogP contribution in [0.4, 0.5) is 0 Å². The number of carbonyl (C=O) groups is 1. The molecule has 1 aliphatic heterocycles. The number of hydrogen-bond acceptors (Lipinski definition) is 2. The van der Waals surface area contributed by atoms with Crippen LogP contribution in [0.15, 0.2) is 11.6 Å². The summed E-state index contributed by atoms with van der Waals surface area (Å²) >= 11 is 0. The van der Waals surface area contributed by atoms with Crippen molar-refractivity contribution in [2.24, 2.45) is 0 Å². The molecule has 2 rings (SSSR count). The summed E-state index contributed by atoms with van der Waals surface area (Å²) in [5.41, 5.74) is 1.03. The van der Waals surface area contributed by atoms with Gasteiger partial charge in [-0.05, 0) is 32.6 Å². The Kier molecular flexibility index (Phi) is 5.47. The summed E-state index contributed by atoms with van der Waals surface area (Å²) < 4.78 is 5.77. The van der Waals surface area contributed by atoms with E-state index in [0.717, 1.165) is 19.3 Å². The van der Waals surface area contributed by atoms with Crippen molar-refractivity contribution in [3.8, 4) is 0 Å². The highest BCUT2D eigenvalue weighted by molar-refractivity contribution is 5.84. The maximum absolute atomic E-state index is 11.7. The maximum Gasteiger partial charge on any atom is 0.331 e. The van der Waals surface area contributed by atoms with Crippen LogP contribution in [0, 0.1) is 0 Å². The van der Waals surface area contributed by atoms with E-state index in [1.165, 1.54) is 63.4 Å². The van der Waals surface area contributed by atoms with Crippen LogP contribution >= 0.6 is 0 Å². The first-order valence-corrected chi connectivity index (χ1v) is 8.10. The molecule has 1 heterocycles. The van der Waals surface area contributed by atoms with Crippen LogP contribution in [0.3, 0.4) is 0 Å². The third-order valence-electron chi connectivity index (χ3n) is 4.55. The Bertz CT molecular complexity index is 318. The Balaban J connectivity index is 1.98. The van der Waals surface area contributed by atoms with E-state index in [2.05, 4.69) is 6.92 Å². The highest BCUT2D eigenvalue weighted by Gasteiger charge is 2.36. The Labute approximate surface area is 117 Å². The minimum absolute atomic E-state index is 0.115. The van der Waals surface area contributed by atoms with E-state index in [1.807, 2.05) is 0 Å². The average Bonchev–Trinajstić information content (AvgIpc) is 2.33. The van der Waals surface area contributed by atoms with Gasteiger partial charge in [0, 0.05) is 12.5 Å². The van der Waals surface area contributed by atoms with Crippen LogP contribution in [0.25, 0.3) is 0 Å². The van der Waals surface area contributed by atoms with Crippen molar-refractivity contribution >= 4 is 5.97 Å². The van der Waals surface area contributed by atoms with E-state index >= 15 is 0 Å². The number of ether oxygens (including phenoxy) is 1. The largest absolute Gasteiger partial charge is 0.456 e. The third-order valence-corrected chi connectivity index (χ3v) is 4.55. The summed E-state index contributed by atoms with van der Waals surface area (Å²) in [6.07, 6.45) is 16.6. The van der Waals surface area contributed by atoms with Gasteiger partial charge < -0.3 is 4.74 Å². The number of carbonyl (C=O) groups excluding carboxylic acids is 1. The number of hydrogen-bond donors (Lipinski definition) is 0. The SMILES string of the molecule is CC1=CC(=O)OC2(CCCCCCCCCCC2)C1. The van der Waals surface area contributed by atoms with E-state index in [-0.39, 0.29) is 11.6 Å². The smallest absolute Gasteiger partial charge is 0.331 e. The molecule has 1 fully saturated rings. The second-order valence-corrected chi connectivity index (χ2v) is 6.45. The molecule has 0 aromatic heterocycles. The molecule has 2 heteroatoms. The molecule has 2 aliphatic rings. The van der Waals surface area contributed by atoms with Crippen LogP contribution in [-0.2, 0) is 9.53 Å². The Hall–Kier alpha value is -0.790. The predicted molar refractivity (Wildman–Crippen MR) is 78.0 cm³/mol. The van der Waals surface area contributed by atoms with Crippen LogP contribution in [0.2, 0.25) is 0 Å². The fourth-order valence-electron chi connectivity index (χ4n) is 3.57. The van der Waals surface area contributed by atoms with Gasteiger partial charge in [-0.3, -0.25) is 0 Å².